The Morgan fingerprint density at radius 3 is 2.23 bits per heavy atom. The van der Waals surface area contributed by atoms with E-state index >= 15 is 0 Å². The van der Waals surface area contributed by atoms with Crippen LogP contribution in [0.15, 0.2) is 42.5 Å². The van der Waals surface area contributed by atoms with Crippen LogP contribution in [0.1, 0.15) is 5.56 Å². The highest BCUT2D eigenvalue weighted by Crippen LogP contribution is 2.30. The minimum Gasteiger partial charge on any atom is -0.496 e. The highest BCUT2D eigenvalue weighted by Gasteiger charge is 2.30. The monoisotopic (exact) mass is 307 g/mol. The van der Waals surface area contributed by atoms with Gasteiger partial charge in [-0.2, -0.15) is 5.26 Å². The number of rotatable bonds is 4. The van der Waals surface area contributed by atoms with Crippen LogP contribution in [0.4, 0.5) is 13.2 Å². The lowest BCUT2D eigenvalue weighted by Crippen LogP contribution is -2.16. The molecule has 6 heteroatoms. The van der Waals surface area contributed by atoms with Gasteiger partial charge in [-0.3, -0.25) is 0 Å². The summed E-state index contributed by atoms with van der Waals surface area (Å²) in [6.45, 7) is 0. The summed E-state index contributed by atoms with van der Waals surface area (Å²) in [5, 5.41) is 8.74. The molecule has 0 atom stereocenters. The normalized spacial score (nSPS) is 10.9. The molecule has 0 spiro atoms. The van der Waals surface area contributed by atoms with Crippen molar-refractivity contribution in [3.8, 4) is 28.7 Å². The van der Waals surface area contributed by atoms with Crippen LogP contribution in [0.3, 0.4) is 0 Å². The molecule has 0 aliphatic carbocycles. The van der Waals surface area contributed by atoms with E-state index in [0.29, 0.717) is 5.75 Å². The minimum atomic E-state index is -4.70. The quantitative estimate of drug-likeness (QED) is 0.844. The fraction of sp³-hybridized carbons (Fsp3) is 0.188. The van der Waals surface area contributed by atoms with E-state index in [1.54, 1.807) is 18.2 Å². The third kappa shape index (κ3) is 3.92. The van der Waals surface area contributed by atoms with Gasteiger partial charge in [0.25, 0.3) is 0 Å². The topological polar surface area (TPSA) is 42.2 Å². The van der Waals surface area contributed by atoms with Gasteiger partial charge >= 0.3 is 6.36 Å². The Hall–Kier alpha value is -2.68. The van der Waals surface area contributed by atoms with Crippen LogP contribution in [0.5, 0.6) is 11.5 Å². The Bertz CT molecular complexity index is 688. The molecule has 0 N–H and O–H groups in total. The van der Waals surface area contributed by atoms with Crippen molar-refractivity contribution in [1.29, 1.82) is 5.26 Å². The zero-order valence-electron chi connectivity index (χ0n) is 11.6. The number of nitrogens with zero attached hydrogens (tertiary/aromatic N) is 1. The second-order valence-electron chi connectivity index (χ2n) is 4.43. The van der Waals surface area contributed by atoms with Gasteiger partial charge in [-0.1, -0.05) is 24.3 Å². The van der Waals surface area contributed by atoms with Gasteiger partial charge in [-0.15, -0.1) is 13.2 Å². The standard InChI is InChI=1S/C16H12F3NO2/c1-21-15-10-13(3-2-12(15)8-9-20)11-4-6-14(7-5-11)22-16(17,18)19/h2-7,10H,8H2,1H3. The maximum atomic E-state index is 12.1. The Morgan fingerprint density at radius 1 is 1.05 bits per heavy atom. The molecule has 0 heterocycles. The summed E-state index contributed by atoms with van der Waals surface area (Å²) in [6, 6.07) is 12.9. The minimum absolute atomic E-state index is 0.224. The molecule has 0 radical (unpaired) electrons. The zero-order valence-corrected chi connectivity index (χ0v) is 11.6. The van der Waals surface area contributed by atoms with Gasteiger partial charge < -0.3 is 9.47 Å². The Kier molecular flexibility index (Phi) is 4.56. The van der Waals surface area contributed by atoms with Crippen LogP contribution in [0.25, 0.3) is 11.1 Å². The van der Waals surface area contributed by atoms with Gasteiger partial charge in [0.1, 0.15) is 11.5 Å². The van der Waals surface area contributed by atoms with Crippen molar-refractivity contribution in [1.82, 2.24) is 0 Å². The summed E-state index contributed by atoms with van der Waals surface area (Å²) in [5.74, 6) is 0.291. The van der Waals surface area contributed by atoms with Gasteiger partial charge in [-0.05, 0) is 29.3 Å². The van der Waals surface area contributed by atoms with Crippen LogP contribution in [0.2, 0.25) is 0 Å². The van der Waals surface area contributed by atoms with E-state index in [1.165, 1.54) is 31.4 Å². The summed E-state index contributed by atoms with van der Waals surface area (Å²) in [7, 11) is 1.50. The summed E-state index contributed by atoms with van der Waals surface area (Å²) >= 11 is 0. The van der Waals surface area contributed by atoms with Crippen molar-refractivity contribution < 1.29 is 22.6 Å². The molecule has 0 bridgehead atoms. The lowest BCUT2D eigenvalue weighted by molar-refractivity contribution is -0.274. The predicted octanol–water partition coefficient (Wildman–Crippen LogP) is 4.33. The van der Waals surface area contributed by atoms with Crippen LogP contribution in [0, 0.1) is 11.3 Å². The number of ether oxygens (including phenoxy) is 2. The highest BCUT2D eigenvalue weighted by atomic mass is 19.4. The number of hydrogen-bond acceptors (Lipinski definition) is 3. The first-order chi connectivity index (χ1) is 10.4. The van der Waals surface area contributed by atoms with Gasteiger partial charge in [0, 0.05) is 5.56 Å². The van der Waals surface area contributed by atoms with Crippen molar-refractivity contribution in [2.75, 3.05) is 7.11 Å². The van der Waals surface area contributed by atoms with Crippen molar-refractivity contribution in [2.24, 2.45) is 0 Å². The second kappa shape index (κ2) is 6.39. The SMILES string of the molecule is COc1cc(-c2ccc(OC(F)(F)F)cc2)ccc1CC#N. The fourth-order valence-corrected chi connectivity index (χ4v) is 2.00. The second-order valence-corrected chi connectivity index (χ2v) is 4.43. The number of alkyl halides is 3. The smallest absolute Gasteiger partial charge is 0.496 e. The van der Waals surface area contributed by atoms with Gasteiger partial charge in [0.05, 0.1) is 19.6 Å². The lowest BCUT2D eigenvalue weighted by atomic mass is 10.0. The van der Waals surface area contributed by atoms with Crippen molar-refractivity contribution >= 4 is 0 Å². The Morgan fingerprint density at radius 2 is 1.68 bits per heavy atom. The first kappa shape index (κ1) is 15.7. The lowest BCUT2D eigenvalue weighted by Gasteiger charge is -2.11. The largest absolute Gasteiger partial charge is 0.573 e. The van der Waals surface area contributed by atoms with Crippen molar-refractivity contribution in [3.05, 3.63) is 48.0 Å². The third-order valence-corrected chi connectivity index (χ3v) is 2.98. The Labute approximate surface area is 125 Å². The molecule has 0 aliphatic rings. The molecule has 3 nitrogen and oxygen atoms in total. The summed E-state index contributed by atoms with van der Waals surface area (Å²) < 4.78 is 45.4. The molecule has 2 aromatic rings. The highest BCUT2D eigenvalue weighted by molar-refractivity contribution is 5.67. The summed E-state index contributed by atoms with van der Waals surface area (Å²) in [4.78, 5) is 0. The van der Waals surface area contributed by atoms with Crippen LogP contribution in [-0.4, -0.2) is 13.5 Å². The molecule has 0 aromatic heterocycles. The fourth-order valence-electron chi connectivity index (χ4n) is 2.00. The number of halogens is 3. The van der Waals surface area contributed by atoms with Gasteiger partial charge in [0.15, 0.2) is 0 Å². The average molecular weight is 307 g/mol. The predicted molar refractivity (Wildman–Crippen MR) is 74.4 cm³/mol. The first-order valence-corrected chi connectivity index (χ1v) is 6.33. The number of nitriles is 1. The van der Waals surface area contributed by atoms with Gasteiger partial charge in [-0.25, -0.2) is 0 Å². The molecule has 0 saturated heterocycles. The molecular formula is C16H12F3NO2. The maximum Gasteiger partial charge on any atom is 0.573 e. The number of benzene rings is 2. The summed E-state index contributed by atoms with van der Waals surface area (Å²) in [6.07, 6.45) is -4.48. The molecule has 2 rings (SSSR count). The number of hydrogen-bond donors (Lipinski definition) is 0. The molecule has 2 aromatic carbocycles. The first-order valence-electron chi connectivity index (χ1n) is 6.33. The van der Waals surface area contributed by atoms with E-state index < -0.39 is 6.36 Å². The van der Waals surface area contributed by atoms with E-state index in [1.807, 2.05) is 6.07 Å². The average Bonchev–Trinajstić information content (AvgIpc) is 2.47. The van der Waals surface area contributed by atoms with Crippen LogP contribution in [-0.2, 0) is 6.42 Å². The maximum absolute atomic E-state index is 12.1. The number of methoxy groups -OCH3 is 1. The van der Waals surface area contributed by atoms with E-state index in [-0.39, 0.29) is 12.2 Å². The molecule has 0 unspecified atom stereocenters. The third-order valence-electron chi connectivity index (χ3n) is 2.98. The van der Waals surface area contributed by atoms with Crippen LogP contribution < -0.4 is 9.47 Å². The van der Waals surface area contributed by atoms with E-state index in [0.717, 1.165) is 16.7 Å². The zero-order chi connectivity index (χ0) is 16.2. The molecule has 0 aliphatic heterocycles. The Balaban J connectivity index is 2.27. The van der Waals surface area contributed by atoms with E-state index in [2.05, 4.69) is 4.74 Å². The van der Waals surface area contributed by atoms with E-state index in [4.69, 9.17) is 10.00 Å². The summed E-state index contributed by atoms with van der Waals surface area (Å²) in [5.41, 5.74) is 2.25. The molecule has 0 amide bonds. The molecule has 0 saturated carbocycles. The molecule has 114 valence electrons. The van der Waals surface area contributed by atoms with Crippen molar-refractivity contribution in [2.45, 2.75) is 12.8 Å². The molecular weight excluding hydrogens is 295 g/mol. The van der Waals surface area contributed by atoms with Gasteiger partial charge in [0.2, 0.25) is 0 Å². The van der Waals surface area contributed by atoms with Crippen LogP contribution >= 0.6 is 0 Å². The van der Waals surface area contributed by atoms with Crippen molar-refractivity contribution in [3.63, 3.8) is 0 Å². The molecule has 0 fully saturated rings. The molecule has 22 heavy (non-hydrogen) atoms. The van der Waals surface area contributed by atoms with E-state index in [9.17, 15) is 13.2 Å².